The average Bonchev–Trinajstić information content (AvgIpc) is 2.72. The van der Waals surface area contributed by atoms with Crippen LogP contribution < -0.4 is 5.73 Å². The van der Waals surface area contributed by atoms with E-state index in [1.54, 1.807) is 11.8 Å². The molecule has 2 N–H and O–H groups in total. The van der Waals surface area contributed by atoms with Gasteiger partial charge in [0.25, 0.3) is 0 Å². The molecule has 0 radical (unpaired) electrons. The van der Waals surface area contributed by atoms with E-state index in [2.05, 4.69) is 6.92 Å². The summed E-state index contributed by atoms with van der Waals surface area (Å²) < 4.78 is 4.80. The van der Waals surface area contributed by atoms with Gasteiger partial charge in [-0.05, 0) is 6.42 Å². The number of nitrogens with two attached hydrogens (primary N) is 1. The number of primary amides is 1. The third-order valence-electron chi connectivity index (χ3n) is 3.51. The van der Waals surface area contributed by atoms with Crippen molar-refractivity contribution in [2.75, 3.05) is 13.2 Å². The minimum Gasteiger partial charge on any atom is -0.448 e. The topological polar surface area (TPSA) is 72.6 Å². The lowest BCUT2D eigenvalue weighted by atomic mass is 9.92. The van der Waals surface area contributed by atoms with Crippen molar-refractivity contribution in [2.45, 2.75) is 43.2 Å². The molecule has 18 heavy (non-hydrogen) atoms. The molecule has 2 saturated heterocycles. The van der Waals surface area contributed by atoms with Crippen molar-refractivity contribution in [1.82, 2.24) is 4.90 Å². The van der Waals surface area contributed by atoms with Gasteiger partial charge in [0.15, 0.2) is 0 Å². The molecule has 0 saturated carbocycles. The van der Waals surface area contributed by atoms with Gasteiger partial charge in [0.1, 0.15) is 6.61 Å². The zero-order valence-corrected chi connectivity index (χ0v) is 11.4. The van der Waals surface area contributed by atoms with Gasteiger partial charge < -0.3 is 15.4 Å². The summed E-state index contributed by atoms with van der Waals surface area (Å²) in [6.07, 6.45) is 3.74. The van der Waals surface area contributed by atoms with Crippen LogP contribution in [0.2, 0.25) is 0 Å². The molecule has 2 heterocycles. The number of ether oxygens (including phenoxy) is 1. The predicted molar refractivity (Wildman–Crippen MR) is 70.0 cm³/mol. The molecule has 2 aliphatic heterocycles. The van der Waals surface area contributed by atoms with E-state index in [0.717, 1.165) is 12.8 Å². The van der Waals surface area contributed by atoms with Crippen molar-refractivity contribution in [2.24, 2.45) is 11.7 Å². The normalized spacial score (nSPS) is 29.9. The summed E-state index contributed by atoms with van der Waals surface area (Å²) in [6, 6.07) is 0. The SMILES string of the molecule is CCCCCC1C(=O)N2CC(COC(N)=O)SC12. The molecule has 2 aliphatic rings. The second-order valence-electron chi connectivity index (χ2n) is 4.87. The molecule has 2 rings (SSSR count). The van der Waals surface area contributed by atoms with Crippen LogP contribution in [0.3, 0.4) is 0 Å². The van der Waals surface area contributed by atoms with Crippen LogP contribution in [0.4, 0.5) is 4.79 Å². The van der Waals surface area contributed by atoms with E-state index in [1.165, 1.54) is 12.8 Å². The quantitative estimate of drug-likeness (QED) is 0.588. The molecule has 102 valence electrons. The number of carbonyl (C=O) groups excluding carboxylic acids is 2. The van der Waals surface area contributed by atoms with E-state index in [1.807, 2.05) is 4.90 Å². The van der Waals surface area contributed by atoms with Crippen LogP contribution in [0.25, 0.3) is 0 Å². The Balaban J connectivity index is 1.76. The maximum Gasteiger partial charge on any atom is 0.404 e. The Morgan fingerprint density at radius 2 is 2.33 bits per heavy atom. The van der Waals surface area contributed by atoms with Crippen LogP contribution in [0, 0.1) is 5.92 Å². The van der Waals surface area contributed by atoms with Crippen molar-refractivity contribution < 1.29 is 14.3 Å². The minimum absolute atomic E-state index is 0.181. The smallest absolute Gasteiger partial charge is 0.404 e. The van der Waals surface area contributed by atoms with Gasteiger partial charge in [-0.3, -0.25) is 4.79 Å². The van der Waals surface area contributed by atoms with Gasteiger partial charge >= 0.3 is 6.09 Å². The number of carbonyl (C=O) groups is 2. The lowest BCUT2D eigenvalue weighted by molar-refractivity contribution is -0.149. The Kier molecular flexibility index (Phi) is 4.37. The van der Waals surface area contributed by atoms with Crippen molar-refractivity contribution in [3.8, 4) is 0 Å². The third kappa shape index (κ3) is 2.74. The van der Waals surface area contributed by atoms with Gasteiger partial charge in [-0.1, -0.05) is 26.2 Å². The van der Waals surface area contributed by atoms with Gasteiger partial charge in [-0.15, -0.1) is 11.8 Å². The van der Waals surface area contributed by atoms with Crippen molar-refractivity contribution in [1.29, 1.82) is 0 Å². The number of rotatable bonds is 6. The Hall–Kier alpha value is -0.910. The standard InChI is InChI=1S/C12H20N2O3S/c1-2-3-4-5-9-10(15)14-6-8(18-11(9)14)7-17-12(13)16/h8-9,11H,2-7H2,1H3,(H2,13,16). The van der Waals surface area contributed by atoms with E-state index in [-0.39, 0.29) is 17.1 Å². The van der Waals surface area contributed by atoms with E-state index in [9.17, 15) is 9.59 Å². The summed E-state index contributed by atoms with van der Waals surface area (Å²) in [5.74, 6) is 0.449. The van der Waals surface area contributed by atoms with Crippen LogP contribution in [-0.2, 0) is 9.53 Å². The maximum absolute atomic E-state index is 11.9. The highest BCUT2D eigenvalue weighted by Crippen LogP contribution is 2.45. The first-order chi connectivity index (χ1) is 8.63. The fourth-order valence-electron chi connectivity index (χ4n) is 2.56. The zero-order valence-electron chi connectivity index (χ0n) is 10.6. The fourth-order valence-corrected chi connectivity index (χ4v) is 4.13. The predicted octanol–water partition coefficient (Wildman–Crippen LogP) is 1.56. The van der Waals surface area contributed by atoms with Gasteiger partial charge in [-0.25, -0.2) is 4.79 Å². The molecule has 2 amide bonds. The molecular formula is C12H20N2O3S. The average molecular weight is 272 g/mol. The molecule has 0 aliphatic carbocycles. The lowest BCUT2D eigenvalue weighted by Crippen LogP contribution is -2.56. The molecule has 0 aromatic heterocycles. The monoisotopic (exact) mass is 272 g/mol. The summed E-state index contributed by atoms with van der Waals surface area (Å²) in [6.45, 7) is 3.16. The summed E-state index contributed by atoms with van der Waals surface area (Å²) in [7, 11) is 0. The van der Waals surface area contributed by atoms with Crippen molar-refractivity contribution >= 4 is 23.8 Å². The molecule has 0 aromatic carbocycles. The van der Waals surface area contributed by atoms with E-state index < -0.39 is 6.09 Å². The van der Waals surface area contributed by atoms with E-state index >= 15 is 0 Å². The summed E-state index contributed by atoms with van der Waals surface area (Å²) in [5, 5.41) is 0.485. The first-order valence-corrected chi connectivity index (χ1v) is 7.46. The molecule has 2 fully saturated rings. The number of amides is 2. The van der Waals surface area contributed by atoms with E-state index in [4.69, 9.17) is 10.5 Å². The highest BCUT2D eigenvalue weighted by molar-refractivity contribution is 8.00. The molecule has 0 spiro atoms. The Labute approximate surface area is 111 Å². The fraction of sp³-hybridized carbons (Fsp3) is 0.833. The van der Waals surface area contributed by atoms with Crippen LogP contribution >= 0.6 is 11.8 Å². The van der Waals surface area contributed by atoms with E-state index in [0.29, 0.717) is 18.5 Å². The molecule has 3 atom stereocenters. The first kappa shape index (κ1) is 13.5. The maximum atomic E-state index is 11.9. The largest absolute Gasteiger partial charge is 0.448 e. The van der Waals surface area contributed by atoms with Gasteiger partial charge in [0.05, 0.1) is 16.5 Å². The Morgan fingerprint density at radius 3 is 3.00 bits per heavy atom. The molecule has 5 nitrogen and oxygen atoms in total. The highest BCUT2D eigenvalue weighted by Gasteiger charge is 2.52. The van der Waals surface area contributed by atoms with Crippen LogP contribution in [-0.4, -0.2) is 40.7 Å². The summed E-state index contributed by atoms with van der Waals surface area (Å²) >= 11 is 1.74. The van der Waals surface area contributed by atoms with Gasteiger partial charge in [-0.2, -0.15) is 0 Å². The Morgan fingerprint density at radius 1 is 1.56 bits per heavy atom. The van der Waals surface area contributed by atoms with Crippen LogP contribution in [0.15, 0.2) is 0 Å². The number of thioether (sulfide) groups is 1. The molecule has 0 bridgehead atoms. The molecule has 6 heteroatoms. The number of β-lactam (4-membered cyclic amide) rings is 1. The van der Waals surface area contributed by atoms with Crippen molar-refractivity contribution in [3.05, 3.63) is 0 Å². The van der Waals surface area contributed by atoms with Crippen molar-refractivity contribution in [3.63, 3.8) is 0 Å². The second kappa shape index (κ2) is 5.82. The number of hydrogen-bond acceptors (Lipinski definition) is 4. The second-order valence-corrected chi connectivity index (χ2v) is 6.29. The number of nitrogens with zero attached hydrogens (tertiary/aromatic N) is 1. The molecule has 0 aromatic rings. The summed E-state index contributed by atoms with van der Waals surface area (Å²) in [5.41, 5.74) is 4.94. The third-order valence-corrected chi connectivity index (χ3v) is 5.05. The number of unbranched alkanes of at least 4 members (excludes halogenated alkanes) is 2. The molecule has 3 unspecified atom stereocenters. The number of fused-ring (bicyclic) bond motifs is 1. The van der Waals surface area contributed by atoms with Gasteiger partial charge in [0.2, 0.25) is 5.91 Å². The minimum atomic E-state index is -0.740. The summed E-state index contributed by atoms with van der Waals surface area (Å²) in [4.78, 5) is 24.3. The highest BCUT2D eigenvalue weighted by atomic mass is 32.2. The Bertz CT molecular complexity index is 337. The van der Waals surface area contributed by atoms with Crippen LogP contribution in [0.5, 0.6) is 0 Å². The number of hydrogen-bond donors (Lipinski definition) is 1. The molecular weight excluding hydrogens is 252 g/mol. The van der Waals surface area contributed by atoms with Crippen LogP contribution in [0.1, 0.15) is 32.6 Å². The van der Waals surface area contributed by atoms with Gasteiger partial charge in [0, 0.05) is 6.54 Å². The lowest BCUT2D eigenvalue weighted by Gasteiger charge is -2.41. The first-order valence-electron chi connectivity index (χ1n) is 6.51. The zero-order chi connectivity index (χ0) is 13.1.